The average Bonchev–Trinajstić information content (AvgIpc) is 3.65. The third-order valence-corrected chi connectivity index (χ3v) is 14.0. The molecule has 1 heterocycles. The van der Waals surface area contributed by atoms with Crippen LogP contribution >= 0.6 is 0 Å². The van der Waals surface area contributed by atoms with Gasteiger partial charge in [0, 0.05) is 0 Å². The highest BCUT2D eigenvalue weighted by Crippen LogP contribution is 2.34. The number of nitrogens with zero attached hydrogens (tertiary/aromatic N) is 1. The summed E-state index contributed by atoms with van der Waals surface area (Å²) in [6.07, 6.45) is 10.8. The van der Waals surface area contributed by atoms with Crippen molar-refractivity contribution in [1.29, 1.82) is 0 Å². The van der Waals surface area contributed by atoms with Gasteiger partial charge in [-0.25, -0.2) is 14.4 Å². The summed E-state index contributed by atoms with van der Waals surface area (Å²) in [7, 11) is 0. The minimum atomic E-state index is -1.50. The molecule has 72 heavy (non-hydrogen) atoms. The molecule has 0 aliphatic carbocycles. The summed E-state index contributed by atoms with van der Waals surface area (Å²) < 4.78 is 19.3. The van der Waals surface area contributed by atoms with Crippen molar-refractivity contribution in [3.05, 3.63) is 192 Å². The summed E-state index contributed by atoms with van der Waals surface area (Å²) in [5.74, 6) is -3.44. The molecule has 1 aliphatic heterocycles. The molecule has 0 saturated carbocycles. The lowest BCUT2D eigenvalue weighted by Crippen LogP contribution is -2.56. The van der Waals surface area contributed by atoms with Crippen LogP contribution in [0.15, 0.2) is 164 Å². The number of hydrogen-bond acceptors (Lipinski definition) is 8. The number of unbranched alkanes of at least 4 members (excludes halogenated alkanes) is 11. The molecule has 3 atom stereocenters. The molecule has 8 aromatic rings. The second kappa shape index (κ2) is 23.5. The van der Waals surface area contributed by atoms with Crippen LogP contribution in [0.5, 0.6) is 0 Å². The molecule has 0 radical (unpaired) electrons. The normalized spacial score (nSPS) is 13.6. The zero-order chi connectivity index (χ0) is 49.8. The molecule has 1 aliphatic rings. The molecule has 0 unspecified atom stereocenters. The maximum Gasteiger partial charge on any atom is 0.338 e. The predicted octanol–water partition coefficient (Wildman–Crippen LogP) is 14.7. The zero-order valence-corrected chi connectivity index (χ0v) is 40.9. The summed E-state index contributed by atoms with van der Waals surface area (Å²) in [5, 5.41) is 6.75. The van der Waals surface area contributed by atoms with E-state index < -0.39 is 54.6 Å². The zero-order valence-electron chi connectivity index (χ0n) is 40.9. The van der Waals surface area contributed by atoms with Crippen molar-refractivity contribution in [3.63, 3.8) is 0 Å². The van der Waals surface area contributed by atoms with E-state index in [9.17, 15) is 24.0 Å². The lowest BCUT2D eigenvalue weighted by Gasteiger charge is -2.36. The molecule has 0 fully saturated rings. The Labute approximate surface area is 421 Å². The first-order valence-corrected chi connectivity index (χ1v) is 25.7. The number of hydrogen-bond donors (Lipinski definition) is 0. The first kappa shape index (κ1) is 49.3. The molecule has 366 valence electrons. The van der Waals surface area contributed by atoms with Gasteiger partial charge in [-0.2, -0.15) is 0 Å². The van der Waals surface area contributed by atoms with Crippen molar-refractivity contribution in [2.45, 2.75) is 109 Å². The van der Waals surface area contributed by atoms with Crippen LogP contribution in [-0.2, 0) is 14.2 Å². The molecule has 0 bridgehead atoms. The number of imide groups is 1. The molecule has 0 saturated heterocycles. The van der Waals surface area contributed by atoms with E-state index in [2.05, 4.69) is 6.92 Å². The van der Waals surface area contributed by atoms with Crippen LogP contribution in [0.4, 0.5) is 0 Å². The Hall–Kier alpha value is -7.65. The molecule has 9 rings (SSSR count). The quantitative estimate of drug-likeness (QED) is 0.0269. The van der Waals surface area contributed by atoms with Crippen molar-refractivity contribution >= 4 is 72.8 Å². The predicted molar refractivity (Wildman–Crippen MR) is 284 cm³/mol. The number of esters is 3. The van der Waals surface area contributed by atoms with E-state index in [1.165, 1.54) is 44.9 Å². The van der Waals surface area contributed by atoms with Crippen LogP contribution in [0.1, 0.15) is 142 Å². The molecule has 8 aromatic carbocycles. The molecule has 0 aromatic heterocycles. The van der Waals surface area contributed by atoms with E-state index in [-0.39, 0.29) is 34.2 Å². The summed E-state index contributed by atoms with van der Waals surface area (Å²) in [5.41, 5.74) is 1.06. The van der Waals surface area contributed by atoms with Crippen LogP contribution in [0, 0.1) is 0 Å². The smallest absolute Gasteiger partial charge is 0.338 e. The Morgan fingerprint density at radius 1 is 0.417 bits per heavy atom. The highest BCUT2D eigenvalue weighted by molar-refractivity contribution is 6.23. The van der Waals surface area contributed by atoms with E-state index >= 15 is 0 Å². The summed E-state index contributed by atoms with van der Waals surface area (Å²) in [4.78, 5) is 74.4. The lowest BCUT2D eigenvalue weighted by molar-refractivity contribution is -0.0721. The number of carbonyl (C=O) groups excluding carboxylic acids is 5. The maximum atomic E-state index is 14.9. The number of carbonyl (C=O) groups is 5. The largest absolute Gasteiger partial charge is 0.460 e. The standard InChI is InChI=1S/C63H61NO8/c1-2-3-4-5-6-7-8-9-10-11-12-13-30-57(71-62(68)52-35-32-44-23-15-18-26-47(44)38-52)58(72-63(69)53-36-33-45-24-16-19-27-48(45)39-53)56(42-70-61(67)51-34-31-43-22-14-17-25-46(43)37-51)64-59(65)54-40-49-28-20-21-29-50(49)41-55(54)60(64)66/h14-29,31-41,56-58H,2-13,30,42H2,1H3/t56-,57+,58+/m0/s1. The van der Waals surface area contributed by atoms with Gasteiger partial charge in [0.15, 0.2) is 6.10 Å². The van der Waals surface area contributed by atoms with Gasteiger partial charge in [-0.1, -0.05) is 193 Å². The lowest BCUT2D eigenvalue weighted by atomic mass is 9.97. The Morgan fingerprint density at radius 2 is 0.778 bits per heavy atom. The number of amides is 2. The molecular formula is C63H61NO8. The van der Waals surface area contributed by atoms with E-state index in [4.69, 9.17) is 14.2 Å². The highest BCUT2D eigenvalue weighted by Gasteiger charge is 2.48. The van der Waals surface area contributed by atoms with Gasteiger partial charge in [-0.15, -0.1) is 0 Å². The fraction of sp³-hybridized carbons (Fsp3) is 0.286. The van der Waals surface area contributed by atoms with Crippen molar-refractivity contribution in [3.8, 4) is 0 Å². The van der Waals surface area contributed by atoms with E-state index in [0.29, 0.717) is 6.42 Å². The molecule has 0 N–H and O–H groups in total. The second-order valence-electron chi connectivity index (χ2n) is 19.1. The summed E-state index contributed by atoms with van der Waals surface area (Å²) >= 11 is 0. The fourth-order valence-corrected chi connectivity index (χ4v) is 10.0. The van der Waals surface area contributed by atoms with Crippen LogP contribution < -0.4 is 0 Å². The minimum absolute atomic E-state index is 0.162. The van der Waals surface area contributed by atoms with Gasteiger partial charge < -0.3 is 14.2 Å². The van der Waals surface area contributed by atoms with Crippen LogP contribution in [-0.4, -0.2) is 59.5 Å². The van der Waals surface area contributed by atoms with E-state index in [1.54, 1.807) is 48.5 Å². The average molecular weight is 960 g/mol. The van der Waals surface area contributed by atoms with Gasteiger partial charge in [0.05, 0.1) is 27.8 Å². The van der Waals surface area contributed by atoms with Gasteiger partial charge >= 0.3 is 17.9 Å². The van der Waals surface area contributed by atoms with Gasteiger partial charge in [0.1, 0.15) is 18.8 Å². The van der Waals surface area contributed by atoms with Crippen molar-refractivity contribution in [2.24, 2.45) is 0 Å². The topological polar surface area (TPSA) is 116 Å². The molecule has 2 amide bonds. The molecular weight excluding hydrogens is 899 g/mol. The first-order valence-electron chi connectivity index (χ1n) is 25.7. The van der Waals surface area contributed by atoms with Crippen molar-refractivity contribution in [2.75, 3.05) is 6.61 Å². The Bertz CT molecular complexity index is 3200. The number of fused-ring (bicyclic) bond motifs is 5. The van der Waals surface area contributed by atoms with Gasteiger partial charge in [0.2, 0.25) is 0 Å². The third kappa shape index (κ3) is 11.6. The molecule has 9 nitrogen and oxygen atoms in total. The Balaban J connectivity index is 1.08. The Morgan fingerprint density at radius 3 is 1.21 bits per heavy atom. The van der Waals surface area contributed by atoms with Gasteiger partial charge in [-0.3, -0.25) is 14.5 Å². The summed E-state index contributed by atoms with van der Waals surface area (Å²) in [6, 6.07) is 48.0. The fourth-order valence-electron chi connectivity index (χ4n) is 10.0. The maximum absolute atomic E-state index is 14.9. The number of rotatable bonds is 23. The highest BCUT2D eigenvalue weighted by atomic mass is 16.6. The Kier molecular flexibility index (Phi) is 16.1. The van der Waals surface area contributed by atoms with E-state index in [0.717, 1.165) is 73.7 Å². The molecule has 0 spiro atoms. The van der Waals surface area contributed by atoms with Gasteiger partial charge in [0.25, 0.3) is 11.8 Å². The number of benzene rings is 8. The summed E-state index contributed by atoms with van der Waals surface area (Å²) in [6.45, 7) is 1.66. The van der Waals surface area contributed by atoms with Crippen LogP contribution in [0.2, 0.25) is 0 Å². The second-order valence-corrected chi connectivity index (χ2v) is 19.1. The third-order valence-electron chi connectivity index (χ3n) is 14.0. The van der Waals surface area contributed by atoms with Gasteiger partial charge in [-0.05, 0) is 104 Å². The SMILES string of the molecule is CCCCCCCCCCCCCC[C@@H](OC(=O)c1ccc2ccccc2c1)[C@H](OC(=O)c1ccc2ccccc2c1)[C@H](COC(=O)c1ccc2ccccc2c1)N1C(=O)c2cc3ccccc3cc2C1=O. The number of ether oxygens (including phenoxy) is 3. The van der Waals surface area contributed by atoms with E-state index in [1.807, 2.05) is 115 Å². The first-order chi connectivity index (χ1) is 35.2. The van der Waals surface area contributed by atoms with Crippen LogP contribution in [0.3, 0.4) is 0 Å². The monoisotopic (exact) mass is 959 g/mol. The minimum Gasteiger partial charge on any atom is -0.460 e. The molecule has 9 heteroatoms. The van der Waals surface area contributed by atoms with Crippen LogP contribution in [0.25, 0.3) is 43.1 Å². The van der Waals surface area contributed by atoms with Crippen molar-refractivity contribution in [1.82, 2.24) is 4.90 Å². The van der Waals surface area contributed by atoms with Crippen molar-refractivity contribution < 1.29 is 38.2 Å².